The van der Waals surface area contributed by atoms with E-state index in [1.807, 2.05) is 18.2 Å². The fourth-order valence-corrected chi connectivity index (χ4v) is 1.04. The number of nitrogens with zero attached hydrogens (tertiary/aromatic N) is 1. The van der Waals surface area contributed by atoms with Crippen LogP contribution in [0.4, 0.5) is 0 Å². The van der Waals surface area contributed by atoms with E-state index in [-0.39, 0.29) is 0 Å². The minimum atomic E-state index is 0.771. The summed E-state index contributed by atoms with van der Waals surface area (Å²) in [6, 6.07) is 8.00. The number of ether oxygens (including phenoxy) is 1. The highest BCUT2D eigenvalue weighted by Gasteiger charge is 1.93. The smallest absolute Gasteiger partial charge is 0.119 e. The van der Waals surface area contributed by atoms with Crippen molar-refractivity contribution in [3.05, 3.63) is 29.8 Å². The van der Waals surface area contributed by atoms with Gasteiger partial charge in [-0.25, -0.2) is 0 Å². The lowest BCUT2D eigenvalue weighted by atomic mass is 10.1. The molecule has 0 bridgehead atoms. The number of benzene rings is 1. The number of rotatable bonds is 4. The molecule has 0 saturated carbocycles. The van der Waals surface area contributed by atoms with E-state index in [4.69, 9.17) is 4.74 Å². The summed E-state index contributed by atoms with van der Waals surface area (Å²) >= 11 is 0. The summed E-state index contributed by atoms with van der Waals surface area (Å²) in [5.41, 5.74) is 1.24. The molecular formula is C10H13NO. The molecule has 0 aliphatic heterocycles. The molecule has 0 spiro atoms. The maximum Gasteiger partial charge on any atom is 0.119 e. The average Bonchev–Trinajstić information content (AvgIpc) is 2.15. The third-order valence-corrected chi connectivity index (χ3v) is 1.69. The van der Waals surface area contributed by atoms with Crippen molar-refractivity contribution in [2.24, 2.45) is 4.99 Å². The van der Waals surface area contributed by atoms with Gasteiger partial charge in [0.25, 0.3) is 0 Å². The van der Waals surface area contributed by atoms with Gasteiger partial charge in [0.1, 0.15) is 5.75 Å². The van der Waals surface area contributed by atoms with E-state index in [0.717, 1.165) is 18.7 Å². The Morgan fingerprint density at radius 2 is 2.33 bits per heavy atom. The quantitative estimate of drug-likeness (QED) is 0.621. The molecule has 2 heteroatoms. The van der Waals surface area contributed by atoms with Gasteiger partial charge in [0.15, 0.2) is 0 Å². The molecule has 12 heavy (non-hydrogen) atoms. The molecule has 0 atom stereocenters. The number of hydrogen-bond donors (Lipinski definition) is 0. The summed E-state index contributed by atoms with van der Waals surface area (Å²) in [6.07, 6.45) is 0.931. The Balaban J connectivity index is 2.65. The van der Waals surface area contributed by atoms with E-state index in [9.17, 15) is 0 Å². The normalized spacial score (nSPS) is 9.42. The van der Waals surface area contributed by atoms with Crippen LogP contribution in [0.2, 0.25) is 0 Å². The van der Waals surface area contributed by atoms with E-state index in [2.05, 4.69) is 17.8 Å². The molecule has 0 aliphatic rings. The van der Waals surface area contributed by atoms with E-state index in [1.54, 1.807) is 7.11 Å². The molecule has 1 rings (SSSR count). The van der Waals surface area contributed by atoms with Gasteiger partial charge in [0.05, 0.1) is 7.11 Å². The minimum absolute atomic E-state index is 0.771. The molecule has 0 aliphatic carbocycles. The van der Waals surface area contributed by atoms with Crippen LogP contribution in [0.25, 0.3) is 0 Å². The number of hydrogen-bond acceptors (Lipinski definition) is 2. The van der Waals surface area contributed by atoms with Crippen LogP contribution in [0.15, 0.2) is 29.3 Å². The average molecular weight is 163 g/mol. The van der Waals surface area contributed by atoms with Crippen molar-refractivity contribution in [2.45, 2.75) is 6.42 Å². The van der Waals surface area contributed by atoms with Crippen LogP contribution in [0.5, 0.6) is 5.75 Å². The first-order valence-corrected chi connectivity index (χ1v) is 3.92. The number of aliphatic imine (C=N–C) groups is 1. The van der Waals surface area contributed by atoms with Crippen molar-refractivity contribution in [3.63, 3.8) is 0 Å². The highest BCUT2D eigenvalue weighted by atomic mass is 16.5. The van der Waals surface area contributed by atoms with Crippen molar-refractivity contribution in [1.82, 2.24) is 0 Å². The Morgan fingerprint density at radius 1 is 1.50 bits per heavy atom. The summed E-state index contributed by atoms with van der Waals surface area (Å²) in [5.74, 6) is 0.900. The zero-order valence-electron chi connectivity index (χ0n) is 7.29. The van der Waals surface area contributed by atoms with Gasteiger partial charge in [-0.05, 0) is 30.8 Å². The Bertz CT molecular complexity index is 258. The molecule has 0 heterocycles. The topological polar surface area (TPSA) is 21.6 Å². The summed E-state index contributed by atoms with van der Waals surface area (Å²) in [5, 5.41) is 0. The van der Waals surface area contributed by atoms with Crippen molar-refractivity contribution in [2.75, 3.05) is 13.7 Å². The summed E-state index contributed by atoms with van der Waals surface area (Å²) in [4.78, 5) is 3.80. The molecule has 0 fully saturated rings. The molecule has 0 N–H and O–H groups in total. The van der Waals surface area contributed by atoms with Crippen LogP contribution in [0.3, 0.4) is 0 Å². The van der Waals surface area contributed by atoms with Crippen molar-refractivity contribution in [3.8, 4) is 5.75 Å². The summed E-state index contributed by atoms with van der Waals surface area (Å²) < 4.78 is 5.09. The standard InChI is InChI=1S/C10H13NO/c1-11-7-6-9-4-3-5-10(8-9)12-2/h3-5,8H,1,6-7H2,2H3. The highest BCUT2D eigenvalue weighted by molar-refractivity contribution is 5.29. The van der Waals surface area contributed by atoms with Crippen LogP contribution in [-0.4, -0.2) is 20.4 Å². The monoisotopic (exact) mass is 163 g/mol. The van der Waals surface area contributed by atoms with Crippen molar-refractivity contribution < 1.29 is 4.74 Å². The third-order valence-electron chi connectivity index (χ3n) is 1.69. The Morgan fingerprint density at radius 3 is 3.00 bits per heavy atom. The Labute approximate surface area is 72.9 Å². The molecule has 64 valence electrons. The zero-order chi connectivity index (χ0) is 8.81. The van der Waals surface area contributed by atoms with Crippen LogP contribution in [-0.2, 0) is 6.42 Å². The minimum Gasteiger partial charge on any atom is -0.497 e. The second kappa shape index (κ2) is 4.54. The predicted molar refractivity (Wildman–Crippen MR) is 51.1 cm³/mol. The predicted octanol–water partition coefficient (Wildman–Crippen LogP) is 1.94. The van der Waals surface area contributed by atoms with Gasteiger partial charge in [0.2, 0.25) is 0 Å². The van der Waals surface area contributed by atoms with Gasteiger partial charge < -0.3 is 9.73 Å². The maximum absolute atomic E-state index is 5.09. The molecule has 0 radical (unpaired) electrons. The first-order chi connectivity index (χ1) is 5.86. The molecule has 0 saturated heterocycles. The molecule has 1 aromatic rings. The van der Waals surface area contributed by atoms with Crippen LogP contribution < -0.4 is 4.74 Å². The van der Waals surface area contributed by atoms with Gasteiger partial charge in [0, 0.05) is 6.54 Å². The third kappa shape index (κ3) is 2.38. The second-order valence-corrected chi connectivity index (χ2v) is 2.55. The van der Waals surface area contributed by atoms with E-state index in [1.165, 1.54) is 5.56 Å². The molecule has 1 aromatic carbocycles. The SMILES string of the molecule is C=NCCc1cccc(OC)c1. The van der Waals surface area contributed by atoms with Crippen molar-refractivity contribution >= 4 is 6.72 Å². The molecule has 0 unspecified atom stereocenters. The van der Waals surface area contributed by atoms with Crippen LogP contribution in [0, 0.1) is 0 Å². The van der Waals surface area contributed by atoms with E-state index >= 15 is 0 Å². The highest BCUT2D eigenvalue weighted by Crippen LogP contribution is 2.12. The van der Waals surface area contributed by atoms with Crippen molar-refractivity contribution in [1.29, 1.82) is 0 Å². The Hall–Kier alpha value is -1.31. The molecule has 0 aromatic heterocycles. The Kier molecular flexibility index (Phi) is 3.33. The fraction of sp³-hybridized carbons (Fsp3) is 0.300. The lowest BCUT2D eigenvalue weighted by Gasteiger charge is -2.01. The van der Waals surface area contributed by atoms with Gasteiger partial charge >= 0.3 is 0 Å². The molecule has 2 nitrogen and oxygen atoms in total. The van der Waals surface area contributed by atoms with Crippen LogP contribution in [0.1, 0.15) is 5.56 Å². The zero-order valence-corrected chi connectivity index (χ0v) is 7.29. The van der Waals surface area contributed by atoms with Crippen LogP contribution >= 0.6 is 0 Å². The number of methoxy groups -OCH3 is 1. The maximum atomic E-state index is 5.09. The van der Waals surface area contributed by atoms with Gasteiger partial charge in [-0.3, -0.25) is 0 Å². The fourth-order valence-electron chi connectivity index (χ4n) is 1.04. The van der Waals surface area contributed by atoms with E-state index < -0.39 is 0 Å². The summed E-state index contributed by atoms with van der Waals surface area (Å²) in [6.45, 7) is 4.21. The molecule has 0 amide bonds. The van der Waals surface area contributed by atoms with Gasteiger partial charge in [-0.15, -0.1) is 0 Å². The molecular weight excluding hydrogens is 150 g/mol. The summed E-state index contributed by atoms with van der Waals surface area (Å²) in [7, 11) is 1.67. The first-order valence-electron chi connectivity index (χ1n) is 3.92. The largest absolute Gasteiger partial charge is 0.497 e. The lowest BCUT2D eigenvalue weighted by molar-refractivity contribution is 0.414. The van der Waals surface area contributed by atoms with Gasteiger partial charge in [-0.1, -0.05) is 12.1 Å². The second-order valence-electron chi connectivity index (χ2n) is 2.55. The van der Waals surface area contributed by atoms with E-state index in [0.29, 0.717) is 0 Å². The lowest BCUT2D eigenvalue weighted by Crippen LogP contribution is -1.90. The first kappa shape index (κ1) is 8.78. The van der Waals surface area contributed by atoms with Gasteiger partial charge in [-0.2, -0.15) is 0 Å².